The van der Waals surface area contributed by atoms with Gasteiger partial charge in [0.2, 0.25) is 17.7 Å². The average Bonchev–Trinajstić information content (AvgIpc) is 3.41. The van der Waals surface area contributed by atoms with Gasteiger partial charge in [-0.15, -0.1) is 0 Å². The van der Waals surface area contributed by atoms with E-state index in [1.807, 2.05) is 0 Å². The highest BCUT2D eigenvalue weighted by Gasteiger charge is 2.36. The van der Waals surface area contributed by atoms with Gasteiger partial charge in [0.05, 0.1) is 18.7 Å². The van der Waals surface area contributed by atoms with Crippen LogP contribution in [0.3, 0.4) is 0 Å². The molecule has 158 valence electrons. The molecule has 0 saturated carbocycles. The fourth-order valence-electron chi connectivity index (χ4n) is 3.47. The van der Waals surface area contributed by atoms with Crippen molar-refractivity contribution < 1.29 is 28.3 Å². The Kier molecular flexibility index (Phi) is 5.60. The van der Waals surface area contributed by atoms with Crippen LogP contribution in [0, 0.1) is 5.92 Å². The number of amides is 3. The van der Waals surface area contributed by atoms with Gasteiger partial charge in [-0.3, -0.25) is 14.4 Å². The fraction of sp³-hybridized carbons (Fsp3) is 0.381. The summed E-state index contributed by atoms with van der Waals surface area (Å²) in [4.78, 5) is 38.9. The van der Waals surface area contributed by atoms with E-state index in [0.717, 1.165) is 0 Å². The number of benzene rings is 1. The quantitative estimate of drug-likeness (QED) is 0.737. The molecule has 1 aromatic carbocycles. The van der Waals surface area contributed by atoms with Crippen LogP contribution >= 0.6 is 0 Å². The lowest BCUT2D eigenvalue weighted by atomic mass is 10.1. The standard InChI is InChI=1S/C21H23N3O6/c1-13(20(26)22-11-16-3-2-6-28-16)23-21(27)14-9-19(25)24(12-14)15-4-5-17-18(10-15)30-8-7-29-17/h2-6,10,13-14H,7-9,11-12H2,1H3,(H,22,26)(H,23,27)/t13-,14?/m1/s1. The summed E-state index contributed by atoms with van der Waals surface area (Å²) in [5.74, 6) is 0.504. The molecule has 1 aromatic heterocycles. The van der Waals surface area contributed by atoms with Gasteiger partial charge in [-0.1, -0.05) is 0 Å². The second-order valence-electron chi connectivity index (χ2n) is 7.26. The third-order valence-electron chi connectivity index (χ3n) is 5.10. The summed E-state index contributed by atoms with van der Waals surface area (Å²) in [5.41, 5.74) is 0.656. The molecule has 4 rings (SSSR count). The number of furan rings is 1. The number of nitrogens with one attached hydrogen (secondary N) is 2. The van der Waals surface area contributed by atoms with Gasteiger partial charge < -0.3 is 29.4 Å². The molecule has 3 heterocycles. The van der Waals surface area contributed by atoms with Crippen LogP contribution in [0.1, 0.15) is 19.1 Å². The minimum absolute atomic E-state index is 0.0843. The van der Waals surface area contributed by atoms with E-state index in [1.165, 1.54) is 6.26 Å². The van der Waals surface area contributed by atoms with E-state index in [2.05, 4.69) is 10.6 Å². The Hall–Kier alpha value is -3.49. The summed E-state index contributed by atoms with van der Waals surface area (Å²) in [6, 6.07) is 8.03. The first kappa shape index (κ1) is 19.8. The van der Waals surface area contributed by atoms with Crippen LogP contribution < -0.4 is 25.0 Å². The van der Waals surface area contributed by atoms with Gasteiger partial charge in [-0.25, -0.2) is 0 Å². The topological polar surface area (TPSA) is 110 Å². The lowest BCUT2D eigenvalue weighted by molar-refractivity contribution is -0.131. The number of rotatable bonds is 6. The van der Waals surface area contributed by atoms with Crippen molar-refractivity contribution in [2.24, 2.45) is 5.92 Å². The molecule has 0 aliphatic carbocycles. The third-order valence-corrected chi connectivity index (χ3v) is 5.10. The number of hydrogen-bond donors (Lipinski definition) is 2. The first-order valence-corrected chi connectivity index (χ1v) is 9.82. The third kappa shape index (κ3) is 4.24. The number of hydrogen-bond acceptors (Lipinski definition) is 6. The van der Waals surface area contributed by atoms with E-state index in [4.69, 9.17) is 13.9 Å². The van der Waals surface area contributed by atoms with Crippen LogP contribution in [-0.4, -0.2) is 43.5 Å². The molecule has 9 nitrogen and oxygen atoms in total. The molecule has 0 radical (unpaired) electrons. The Morgan fingerprint density at radius 3 is 2.77 bits per heavy atom. The van der Waals surface area contributed by atoms with Crippen molar-refractivity contribution in [2.75, 3.05) is 24.7 Å². The normalized spacial score (nSPS) is 18.8. The zero-order chi connectivity index (χ0) is 21.1. The van der Waals surface area contributed by atoms with E-state index >= 15 is 0 Å². The Morgan fingerprint density at radius 1 is 1.20 bits per heavy atom. The molecule has 2 aliphatic rings. The Balaban J connectivity index is 1.33. The summed E-state index contributed by atoms with van der Waals surface area (Å²) in [6.45, 7) is 3.03. The molecule has 0 spiro atoms. The van der Waals surface area contributed by atoms with Gasteiger partial charge in [0.1, 0.15) is 25.0 Å². The van der Waals surface area contributed by atoms with Crippen LogP contribution in [0.5, 0.6) is 11.5 Å². The highest BCUT2D eigenvalue weighted by Crippen LogP contribution is 2.35. The van der Waals surface area contributed by atoms with E-state index in [0.29, 0.717) is 36.2 Å². The molecule has 3 amide bonds. The summed E-state index contributed by atoms with van der Waals surface area (Å²) in [5, 5.41) is 5.39. The van der Waals surface area contributed by atoms with Crippen LogP contribution in [0.2, 0.25) is 0 Å². The predicted molar refractivity (Wildman–Crippen MR) is 106 cm³/mol. The highest BCUT2D eigenvalue weighted by atomic mass is 16.6. The van der Waals surface area contributed by atoms with Gasteiger partial charge in [0.15, 0.2) is 11.5 Å². The van der Waals surface area contributed by atoms with Crippen molar-refractivity contribution in [2.45, 2.75) is 25.9 Å². The maximum atomic E-state index is 12.6. The minimum atomic E-state index is -0.731. The van der Waals surface area contributed by atoms with Crippen molar-refractivity contribution in [3.05, 3.63) is 42.4 Å². The predicted octanol–water partition coefficient (Wildman–Crippen LogP) is 1.22. The molecule has 2 aliphatic heterocycles. The molecule has 1 saturated heterocycles. The zero-order valence-electron chi connectivity index (χ0n) is 16.6. The van der Waals surface area contributed by atoms with E-state index in [1.54, 1.807) is 42.2 Å². The van der Waals surface area contributed by atoms with Gasteiger partial charge in [0.25, 0.3) is 0 Å². The first-order valence-electron chi connectivity index (χ1n) is 9.82. The van der Waals surface area contributed by atoms with Gasteiger partial charge in [-0.2, -0.15) is 0 Å². The summed E-state index contributed by atoms with van der Waals surface area (Å²) in [7, 11) is 0. The number of fused-ring (bicyclic) bond motifs is 1. The number of carbonyl (C=O) groups excluding carboxylic acids is 3. The van der Waals surface area contributed by atoms with Crippen LogP contribution in [0.4, 0.5) is 5.69 Å². The average molecular weight is 413 g/mol. The molecular weight excluding hydrogens is 390 g/mol. The smallest absolute Gasteiger partial charge is 0.242 e. The van der Waals surface area contributed by atoms with Gasteiger partial charge in [0, 0.05) is 24.7 Å². The van der Waals surface area contributed by atoms with Crippen LogP contribution in [0.15, 0.2) is 41.0 Å². The monoisotopic (exact) mass is 413 g/mol. The van der Waals surface area contributed by atoms with Crippen molar-refractivity contribution in [1.29, 1.82) is 0 Å². The molecule has 0 bridgehead atoms. The fourth-order valence-corrected chi connectivity index (χ4v) is 3.47. The number of anilines is 1. The Morgan fingerprint density at radius 2 is 2.00 bits per heavy atom. The maximum absolute atomic E-state index is 12.6. The van der Waals surface area contributed by atoms with Crippen molar-refractivity contribution in [3.63, 3.8) is 0 Å². The SMILES string of the molecule is C[C@@H](NC(=O)C1CC(=O)N(c2ccc3c(c2)OCCO3)C1)C(=O)NCc1ccco1. The molecule has 1 unspecified atom stereocenters. The number of nitrogens with zero attached hydrogens (tertiary/aromatic N) is 1. The number of ether oxygens (including phenoxy) is 2. The largest absolute Gasteiger partial charge is 0.486 e. The number of carbonyl (C=O) groups is 3. The molecular formula is C21H23N3O6. The lowest BCUT2D eigenvalue weighted by Gasteiger charge is -2.22. The van der Waals surface area contributed by atoms with Crippen LogP contribution in [-0.2, 0) is 20.9 Å². The Bertz CT molecular complexity index is 942. The Labute approximate surface area is 173 Å². The maximum Gasteiger partial charge on any atom is 0.242 e. The second kappa shape index (κ2) is 8.48. The van der Waals surface area contributed by atoms with Crippen LogP contribution in [0.25, 0.3) is 0 Å². The summed E-state index contributed by atoms with van der Waals surface area (Å²) >= 11 is 0. The molecule has 2 atom stereocenters. The minimum Gasteiger partial charge on any atom is -0.486 e. The highest BCUT2D eigenvalue weighted by molar-refractivity contribution is 6.01. The molecule has 30 heavy (non-hydrogen) atoms. The van der Waals surface area contributed by atoms with E-state index < -0.39 is 12.0 Å². The first-order chi connectivity index (χ1) is 14.5. The van der Waals surface area contributed by atoms with E-state index in [9.17, 15) is 14.4 Å². The molecule has 2 aromatic rings. The molecule has 1 fully saturated rings. The zero-order valence-corrected chi connectivity index (χ0v) is 16.6. The molecule has 9 heteroatoms. The van der Waals surface area contributed by atoms with Crippen molar-refractivity contribution >= 4 is 23.4 Å². The second-order valence-corrected chi connectivity index (χ2v) is 7.26. The van der Waals surface area contributed by atoms with Gasteiger partial charge >= 0.3 is 0 Å². The van der Waals surface area contributed by atoms with Gasteiger partial charge in [-0.05, 0) is 31.2 Å². The van der Waals surface area contributed by atoms with Crippen molar-refractivity contribution in [3.8, 4) is 11.5 Å². The summed E-state index contributed by atoms with van der Waals surface area (Å²) in [6.07, 6.45) is 1.61. The van der Waals surface area contributed by atoms with E-state index in [-0.39, 0.29) is 37.2 Å². The lowest BCUT2D eigenvalue weighted by Crippen LogP contribution is -2.46. The summed E-state index contributed by atoms with van der Waals surface area (Å²) < 4.78 is 16.2. The van der Waals surface area contributed by atoms with Crippen molar-refractivity contribution in [1.82, 2.24) is 10.6 Å². The molecule has 2 N–H and O–H groups in total.